The van der Waals surface area contributed by atoms with Crippen molar-refractivity contribution in [3.05, 3.63) is 70.4 Å². The van der Waals surface area contributed by atoms with Gasteiger partial charge in [0, 0.05) is 22.2 Å². The summed E-state index contributed by atoms with van der Waals surface area (Å²) in [4.78, 5) is 29.8. The number of benzene rings is 2. The number of ketones is 1. The average molecular weight is 403 g/mol. The maximum atomic E-state index is 13.3. The lowest BCUT2D eigenvalue weighted by Crippen LogP contribution is -2.13. The lowest BCUT2D eigenvalue weighted by atomic mass is 9.97. The van der Waals surface area contributed by atoms with Crippen LogP contribution in [-0.2, 0) is 24.2 Å². The molecule has 5 heteroatoms. The van der Waals surface area contributed by atoms with E-state index < -0.39 is 0 Å². The molecule has 0 unspecified atom stereocenters. The van der Waals surface area contributed by atoms with Crippen LogP contribution in [0.4, 0.5) is 0 Å². The SMILES string of the molecule is COc1ccc(C(C)=O)cc1COC(=O)c1c2c(nc3ccccc13)CCCCC2. The Morgan fingerprint density at radius 2 is 1.83 bits per heavy atom. The van der Waals surface area contributed by atoms with Crippen LogP contribution < -0.4 is 4.74 Å². The van der Waals surface area contributed by atoms with Crippen molar-refractivity contribution in [1.29, 1.82) is 0 Å². The number of methoxy groups -OCH3 is 1. The van der Waals surface area contributed by atoms with Crippen molar-refractivity contribution >= 4 is 22.7 Å². The Labute approximate surface area is 176 Å². The summed E-state index contributed by atoms with van der Waals surface area (Å²) in [6.45, 7) is 1.55. The van der Waals surface area contributed by atoms with Crippen LogP contribution in [0.5, 0.6) is 5.75 Å². The van der Waals surface area contributed by atoms with E-state index in [9.17, 15) is 9.59 Å². The molecule has 0 amide bonds. The van der Waals surface area contributed by atoms with Gasteiger partial charge >= 0.3 is 5.97 Å². The van der Waals surface area contributed by atoms with E-state index in [1.54, 1.807) is 25.3 Å². The molecule has 0 spiro atoms. The third-order valence-electron chi connectivity index (χ3n) is 5.67. The number of carbonyl (C=O) groups is 2. The largest absolute Gasteiger partial charge is 0.496 e. The predicted octanol–water partition coefficient (Wildman–Crippen LogP) is 5.07. The molecular formula is C25H25NO4. The van der Waals surface area contributed by atoms with E-state index in [-0.39, 0.29) is 18.4 Å². The zero-order valence-corrected chi connectivity index (χ0v) is 17.4. The van der Waals surface area contributed by atoms with Crippen molar-refractivity contribution < 1.29 is 19.1 Å². The third kappa shape index (κ3) is 3.92. The maximum absolute atomic E-state index is 13.3. The van der Waals surface area contributed by atoms with Crippen LogP contribution in [0.15, 0.2) is 42.5 Å². The van der Waals surface area contributed by atoms with Crippen LogP contribution in [0.1, 0.15) is 63.7 Å². The highest BCUT2D eigenvalue weighted by Gasteiger charge is 2.23. The molecule has 0 aliphatic heterocycles. The molecule has 0 saturated carbocycles. The summed E-state index contributed by atoms with van der Waals surface area (Å²) in [5.41, 5.74) is 4.70. The van der Waals surface area contributed by atoms with Gasteiger partial charge in [-0.05, 0) is 62.4 Å². The molecule has 0 radical (unpaired) electrons. The van der Waals surface area contributed by atoms with E-state index in [0.29, 0.717) is 22.4 Å². The molecule has 0 bridgehead atoms. The Bertz CT molecular complexity index is 1120. The van der Waals surface area contributed by atoms with Gasteiger partial charge in [-0.2, -0.15) is 0 Å². The summed E-state index contributed by atoms with van der Waals surface area (Å²) < 4.78 is 11.1. The van der Waals surface area contributed by atoms with Gasteiger partial charge in [-0.1, -0.05) is 24.6 Å². The molecule has 4 rings (SSSR count). The number of esters is 1. The Morgan fingerprint density at radius 1 is 1.03 bits per heavy atom. The molecular weight excluding hydrogens is 378 g/mol. The topological polar surface area (TPSA) is 65.5 Å². The maximum Gasteiger partial charge on any atom is 0.339 e. The zero-order chi connectivity index (χ0) is 21.1. The highest BCUT2D eigenvalue weighted by molar-refractivity contribution is 6.05. The first-order valence-electron chi connectivity index (χ1n) is 10.3. The minimum Gasteiger partial charge on any atom is -0.496 e. The number of hydrogen-bond acceptors (Lipinski definition) is 5. The fraction of sp³-hybridized carbons (Fsp3) is 0.320. The molecule has 2 aromatic carbocycles. The molecule has 0 N–H and O–H groups in total. The van der Waals surface area contributed by atoms with Gasteiger partial charge in [-0.3, -0.25) is 9.78 Å². The van der Waals surface area contributed by atoms with Crippen molar-refractivity contribution in [1.82, 2.24) is 4.98 Å². The Kier molecular flexibility index (Phi) is 5.79. The first-order chi connectivity index (χ1) is 14.6. The van der Waals surface area contributed by atoms with Crippen LogP contribution in [-0.4, -0.2) is 23.8 Å². The number of Topliss-reactive ketones (excluding diaryl/α,β-unsaturated/α-hetero) is 1. The molecule has 3 aromatic rings. The molecule has 1 aromatic heterocycles. The lowest BCUT2D eigenvalue weighted by Gasteiger charge is -2.16. The van der Waals surface area contributed by atoms with E-state index in [2.05, 4.69) is 0 Å². The van der Waals surface area contributed by atoms with Gasteiger partial charge < -0.3 is 9.47 Å². The first kappa shape index (κ1) is 20.1. The second kappa shape index (κ2) is 8.66. The highest BCUT2D eigenvalue weighted by Crippen LogP contribution is 2.30. The average Bonchev–Trinajstić information content (AvgIpc) is 3.00. The van der Waals surface area contributed by atoms with Gasteiger partial charge in [-0.15, -0.1) is 0 Å². The number of ether oxygens (including phenoxy) is 2. The van der Waals surface area contributed by atoms with Crippen molar-refractivity contribution in [3.8, 4) is 5.75 Å². The Morgan fingerprint density at radius 3 is 2.63 bits per heavy atom. The van der Waals surface area contributed by atoms with Crippen molar-refractivity contribution in [2.45, 2.75) is 45.6 Å². The van der Waals surface area contributed by atoms with Crippen LogP contribution in [0.3, 0.4) is 0 Å². The molecule has 0 saturated heterocycles. The molecule has 5 nitrogen and oxygen atoms in total. The summed E-state index contributed by atoms with van der Waals surface area (Å²) in [6, 6.07) is 12.9. The number of rotatable bonds is 5. The summed E-state index contributed by atoms with van der Waals surface area (Å²) >= 11 is 0. The van der Waals surface area contributed by atoms with E-state index in [0.717, 1.165) is 54.3 Å². The Balaban J connectivity index is 1.70. The number of fused-ring (bicyclic) bond motifs is 2. The zero-order valence-electron chi connectivity index (χ0n) is 17.4. The van der Waals surface area contributed by atoms with Gasteiger partial charge in [0.2, 0.25) is 0 Å². The molecule has 1 aliphatic rings. The van der Waals surface area contributed by atoms with E-state index in [4.69, 9.17) is 14.5 Å². The molecule has 30 heavy (non-hydrogen) atoms. The fourth-order valence-corrected chi connectivity index (χ4v) is 4.11. The molecule has 1 heterocycles. The standard InChI is InChI=1S/C25H25NO4/c1-16(27)17-12-13-23(29-2)18(14-17)15-30-25(28)24-19-8-4-3-5-10-21(19)26-22-11-7-6-9-20(22)24/h6-7,9,11-14H,3-5,8,10,15H2,1-2H3. The number of carbonyl (C=O) groups excluding carboxylic acids is 2. The van der Waals surface area contributed by atoms with Crippen LogP contribution >= 0.6 is 0 Å². The Hall–Kier alpha value is -3.21. The molecule has 1 aliphatic carbocycles. The van der Waals surface area contributed by atoms with Gasteiger partial charge in [0.25, 0.3) is 0 Å². The van der Waals surface area contributed by atoms with Gasteiger partial charge in [-0.25, -0.2) is 4.79 Å². The summed E-state index contributed by atoms with van der Waals surface area (Å²) in [6.07, 6.45) is 4.98. The number of para-hydroxylation sites is 1. The monoisotopic (exact) mass is 403 g/mol. The highest BCUT2D eigenvalue weighted by atomic mass is 16.5. The van der Waals surface area contributed by atoms with Crippen LogP contribution in [0.2, 0.25) is 0 Å². The molecule has 0 atom stereocenters. The number of hydrogen-bond donors (Lipinski definition) is 0. The van der Waals surface area contributed by atoms with Crippen LogP contribution in [0, 0.1) is 0 Å². The second-order valence-electron chi connectivity index (χ2n) is 7.65. The van der Waals surface area contributed by atoms with Gasteiger partial charge in [0.15, 0.2) is 5.78 Å². The van der Waals surface area contributed by atoms with Crippen LogP contribution in [0.25, 0.3) is 10.9 Å². The summed E-state index contributed by atoms with van der Waals surface area (Å²) in [7, 11) is 1.56. The second-order valence-corrected chi connectivity index (χ2v) is 7.65. The van der Waals surface area contributed by atoms with Crippen molar-refractivity contribution in [2.24, 2.45) is 0 Å². The van der Waals surface area contributed by atoms with Gasteiger partial charge in [0.1, 0.15) is 12.4 Å². The smallest absolute Gasteiger partial charge is 0.339 e. The first-order valence-corrected chi connectivity index (χ1v) is 10.3. The summed E-state index contributed by atoms with van der Waals surface area (Å²) in [5, 5.41) is 0.826. The van der Waals surface area contributed by atoms with Gasteiger partial charge in [0.05, 0.1) is 18.2 Å². The third-order valence-corrected chi connectivity index (χ3v) is 5.67. The van der Waals surface area contributed by atoms with E-state index >= 15 is 0 Å². The fourth-order valence-electron chi connectivity index (χ4n) is 4.11. The minimum absolute atomic E-state index is 0.0363. The number of nitrogens with zero attached hydrogens (tertiary/aromatic N) is 1. The minimum atomic E-state index is -0.359. The number of pyridine rings is 1. The molecule has 154 valence electrons. The summed E-state index contributed by atoms with van der Waals surface area (Å²) in [5.74, 6) is 0.184. The number of aryl methyl sites for hydroxylation is 1. The van der Waals surface area contributed by atoms with E-state index in [1.807, 2.05) is 24.3 Å². The quantitative estimate of drug-likeness (QED) is 0.338. The predicted molar refractivity (Wildman–Crippen MR) is 115 cm³/mol. The lowest BCUT2D eigenvalue weighted by molar-refractivity contribution is 0.0471. The molecule has 0 fully saturated rings. The van der Waals surface area contributed by atoms with Crippen molar-refractivity contribution in [2.75, 3.05) is 7.11 Å². The normalized spacial score (nSPS) is 13.4. The number of aromatic nitrogens is 1. The van der Waals surface area contributed by atoms with Crippen molar-refractivity contribution in [3.63, 3.8) is 0 Å². The van der Waals surface area contributed by atoms with E-state index in [1.165, 1.54) is 6.92 Å².